The highest BCUT2D eigenvalue weighted by molar-refractivity contribution is 6.03. The summed E-state index contributed by atoms with van der Waals surface area (Å²) in [4.78, 5) is 47.9. The van der Waals surface area contributed by atoms with Gasteiger partial charge in [0.1, 0.15) is 11.4 Å². The number of phenolic OH excluding ortho intramolecular Hbond substituents is 1. The van der Waals surface area contributed by atoms with Crippen molar-refractivity contribution in [1.29, 1.82) is 0 Å². The highest BCUT2D eigenvalue weighted by Gasteiger charge is 2.14. The molecule has 2 rings (SSSR count). The normalized spacial score (nSPS) is 10.1. The Morgan fingerprint density at radius 3 is 2.57 bits per heavy atom. The lowest BCUT2D eigenvalue weighted by atomic mass is 10.2. The third-order valence-electron chi connectivity index (χ3n) is 2.44. The number of carbonyl (C=O) groups is 1. The number of hydrogen-bond acceptors (Lipinski definition) is 6. The number of nitro benzene ring substituents is 1. The Labute approximate surface area is 115 Å². The standard InChI is InChI=1S/C11H8N4O6/c16-8-2-1-5(15(20)21)3-6(8)12-10(18)7-4-9(17)14-11(19)13-7/h1-4,16H,(H,12,18)(H2,13,14,17,19). The molecule has 21 heavy (non-hydrogen) atoms. The van der Waals surface area contributed by atoms with Gasteiger partial charge in [0.25, 0.3) is 17.2 Å². The molecule has 0 aliphatic carbocycles. The summed E-state index contributed by atoms with van der Waals surface area (Å²) in [5, 5.41) is 22.3. The molecule has 0 fully saturated rings. The van der Waals surface area contributed by atoms with Crippen LogP contribution in [0.1, 0.15) is 10.5 Å². The van der Waals surface area contributed by atoms with Crippen LogP contribution in [0.5, 0.6) is 5.75 Å². The lowest BCUT2D eigenvalue weighted by molar-refractivity contribution is -0.384. The minimum atomic E-state index is -0.908. The smallest absolute Gasteiger partial charge is 0.326 e. The number of non-ortho nitro benzene ring substituents is 1. The maximum Gasteiger partial charge on any atom is 0.326 e. The third kappa shape index (κ3) is 3.12. The van der Waals surface area contributed by atoms with E-state index < -0.39 is 27.8 Å². The van der Waals surface area contributed by atoms with Crippen molar-refractivity contribution in [3.05, 3.63) is 60.9 Å². The number of nitrogens with zero attached hydrogens (tertiary/aromatic N) is 1. The Kier molecular flexibility index (Phi) is 3.52. The molecule has 0 aliphatic rings. The average molecular weight is 292 g/mol. The number of benzene rings is 1. The summed E-state index contributed by atoms with van der Waals surface area (Å²) in [6.45, 7) is 0. The van der Waals surface area contributed by atoms with E-state index in [4.69, 9.17) is 0 Å². The molecule has 0 saturated carbocycles. The van der Waals surface area contributed by atoms with Crippen LogP contribution in [-0.4, -0.2) is 25.9 Å². The predicted octanol–water partition coefficient (Wildman–Crippen LogP) is -0.0707. The number of carbonyl (C=O) groups excluding carboxylic acids is 1. The SMILES string of the molecule is O=C(Nc1cc([N+](=O)[O-])ccc1O)c1cc(=O)[nH]c(=O)[nH]1. The van der Waals surface area contributed by atoms with Crippen LogP contribution in [0.3, 0.4) is 0 Å². The van der Waals surface area contributed by atoms with Gasteiger partial charge in [0.15, 0.2) is 0 Å². The van der Waals surface area contributed by atoms with Crippen LogP contribution in [0.25, 0.3) is 0 Å². The van der Waals surface area contributed by atoms with Gasteiger partial charge in [0, 0.05) is 18.2 Å². The molecule has 1 aromatic heterocycles. The Hall–Kier alpha value is -3.43. The molecule has 0 spiro atoms. The average Bonchev–Trinajstić information content (AvgIpc) is 2.39. The topological polar surface area (TPSA) is 158 Å². The summed E-state index contributed by atoms with van der Waals surface area (Å²) >= 11 is 0. The first-order chi connectivity index (χ1) is 9.86. The second-order valence-electron chi connectivity index (χ2n) is 3.91. The highest BCUT2D eigenvalue weighted by atomic mass is 16.6. The van der Waals surface area contributed by atoms with Crippen LogP contribution in [0, 0.1) is 10.1 Å². The van der Waals surface area contributed by atoms with Gasteiger partial charge in [-0.05, 0) is 6.07 Å². The van der Waals surface area contributed by atoms with Crippen molar-refractivity contribution in [3.8, 4) is 5.75 Å². The lowest BCUT2D eigenvalue weighted by Gasteiger charge is -2.06. The molecule has 0 radical (unpaired) electrons. The number of phenols is 1. The van der Waals surface area contributed by atoms with E-state index in [0.29, 0.717) is 0 Å². The second kappa shape index (κ2) is 5.28. The fraction of sp³-hybridized carbons (Fsp3) is 0. The van der Waals surface area contributed by atoms with E-state index in [0.717, 1.165) is 24.3 Å². The van der Waals surface area contributed by atoms with Crippen LogP contribution >= 0.6 is 0 Å². The number of amides is 1. The zero-order chi connectivity index (χ0) is 15.6. The molecule has 1 aromatic carbocycles. The molecule has 1 amide bonds. The van der Waals surface area contributed by atoms with Crippen molar-refractivity contribution in [2.75, 3.05) is 5.32 Å². The summed E-state index contributed by atoms with van der Waals surface area (Å²) in [6.07, 6.45) is 0. The number of anilines is 1. The third-order valence-corrected chi connectivity index (χ3v) is 2.44. The summed E-state index contributed by atoms with van der Waals surface area (Å²) < 4.78 is 0. The van der Waals surface area contributed by atoms with Gasteiger partial charge < -0.3 is 15.4 Å². The van der Waals surface area contributed by atoms with E-state index in [9.17, 15) is 29.6 Å². The maximum atomic E-state index is 11.8. The van der Waals surface area contributed by atoms with E-state index in [1.165, 1.54) is 0 Å². The zero-order valence-corrected chi connectivity index (χ0v) is 10.2. The van der Waals surface area contributed by atoms with Crippen molar-refractivity contribution in [2.24, 2.45) is 0 Å². The molecule has 108 valence electrons. The Bertz CT molecular complexity index is 809. The van der Waals surface area contributed by atoms with Crippen molar-refractivity contribution >= 4 is 17.3 Å². The molecule has 2 aromatic rings. The van der Waals surface area contributed by atoms with Gasteiger partial charge in [-0.1, -0.05) is 0 Å². The van der Waals surface area contributed by atoms with Crippen molar-refractivity contribution in [1.82, 2.24) is 9.97 Å². The molecule has 0 aliphatic heterocycles. The Morgan fingerprint density at radius 1 is 1.24 bits per heavy atom. The van der Waals surface area contributed by atoms with Crippen molar-refractivity contribution in [3.63, 3.8) is 0 Å². The number of aromatic amines is 2. The van der Waals surface area contributed by atoms with Crippen LogP contribution in [-0.2, 0) is 0 Å². The molecule has 0 saturated heterocycles. The van der Waals surface area contributed by atoms with Gasteiger partial charge in [0.2, 0.25) is 0 Å². The Balaban J connectivity index is 2.35. The van der Waals surface area contributed by atoms with Crippen molar-refractivity contribution < 1.29 is 14.8 Å². The first kappa shape index (κ1) is 14.0. The second-order valence-corrected chi connectivity index (χ2v) is 3.91. The summed E-state index contributed by atoms with van der Waals surface area (Å²) in [5.41, 5.74) is -2.59. The monoisotopic (exact) mass is 292 g/mol. The van der Waals surface area contributed by atoms with Crippen molar-refractivity contribution in [2.45, 2.75) is 0 Å². The number of nitro groups is 1. The molecule has 10 nitrogen and oxygen atoms in total. The van der Waals surface area contributed by atoms with Crippen LogP contribution in [0.2, 0.25) is 0 Å². The van der Waals surface area contributed by atoms with E-state index in [2.05, 4.69) is 10.3 Å². The minimum Gasteiger partial charge on any atom is -0.506 e. The maximum absolute atomic E-state index is 11.8. The molecule has 0 bridgehead atoms. The van der Waals surface area contributed by atoms with E-state index in [-0.39, 0.29) is 17.1 Å². The highest BCUT2D eigenvalue weighted by Crippen LogP contribution is 2.27. The van der Waals surface area contributed by atoms with E-state index in [1.54, 1.807) is 0 Å². The Morgan fingerprint density at radius 2 is 1.95 bits per heavy atom. The molecule has 0 unspecified atom stereocenters. The van der Waals surface area contributed by atoms with E-state index >= 15 is 0 Å². The molecule has 0 atom stereocenters. The summed E-state index contributed by atoms with van der Waals surface area (Å²) in [7, 11) is 0. The number of aromatic nitrogens is 2. The molecule has 10 heteroatoms. The fourth-order valence-electron chi connectivity index (χ4n) is 1.52. The van der Waals surface area contributed by atoms with Gasteiger partial charge in [-0.25, -0.2) is 4.79 Å². The quantitative estimate of drug-likeness (QED) is 0.352. The number of rotatable bonds is 3. The van der Waals surface area contributed by atoms with Gasteiger partial charge in [0.05, 0.1) is 10.6 Å². The first-order valence-corrected chi connectivity index (χ1v) is 5.49. The van der Waals surface area contributed by atoms with Gasteiger partial charge in [-0.2, -0.15) is 0 Å². The van der Waals surface area contributed by atoms with Gasteiger partial charge in [-0.3, -0.25) is 24.7 Å². The number of aromatic hydroxyl groups is 1. The first-order valence-electron chi connectivity index (χ1n) is 5.49. The number of hydrogen-bond donors (Lipinski definition) is 4. The van der Waals surface area contributed by atoms with Gasteiger partial charge >= 0.3 is 5.69 Å². The van der Waals surface area contributed by atoms with Crippen LogP contribution in [0.4, 0.5) is 11.4 Å². The molecular formula is C11H8N4O6. The summed E-state index contributed by atoms with van der Waals surface area (Å²) in [6, 6.07) is 3.87. The minimum absolute atomic E-state index is 0.227. The molecule has 4 N–H and O–H groups in total. The van der Waals surface area contributed by atoms with Crippen LogP contribution < -0.4 is 16.6 Å². The summed E-state index contributed by atoms with van der Waals surface area (Å²) in [5.74, 6) is -1.31. The number of H-pyrrole nitrogens is 2. The van der Waals surface area contributed by atoms with Gasteiger partial charge in [-0.15, -0.1) is 0 Å². The van der Waals surface area contributed by atoms with Crippen LogP contribution in [0.15, 0.2) is 33.9 Å². The fourth-order valence-corrected chi connectivity index (χ4v) is 1.52. The predicted molar refractivity (Wildman–Crippen MR) is 70.4 cm³/mol. The molecule has 1 heterocycles. The zero-order valence-electron chi connectivity index (χ0n) is 10.2. The molecular weight excluding hydrogens is 284 g/mol. The number of nitrogens with one attached hydrogen (secondary N) is 3. The van der Waals surface area contributed by atoms with E-state index in [1.807, 2.05) is 4.98 Å². The largest absolute Gasteiger partial charge is 0.506 e. The lowest BCUT2D eigenvalue weighted by Crippen LogP contribution is -2.27.